The quantitative estimate of drug-likeness (QED) is 0.554. The van der Waals surface area contributed by atoms with Crippen molar-refractivity contribution in [1.29, 1.82) is 0 Å². The number of nitrogens with zero attached hydrogens (tertiary/aromatic N) is 2. The topological polar surface area (TPSA) is 121 Å². The molecule has 2 aliphatic rings. The molecule has 1 spiro atoms. The first-order valence-corrected chi connectivity index (χ1v) is 10.2. The van der Waals surface area contributed by atoms with Crippen LogP contribution in [0.2, 0.25) is 0 Å². The molecule has 0 radical (unpaired) electrons. The van der Waals surface area contributed by atoms with Gasteiger partial charge >= 0.3 is 12.0 Å². The molecule has 1 atom stereocenters. The Balaban J connectivity index is 1.31. The van der Waals surface area contributed by atoms with Crippen molar-refractivity contribution in [3.8, 4) is 0 Å². The second-order valence-electron chi connectivity index (χ2n) is 7.88. The number of hydrogen-bond donors (Lipinski definition) is 2. The normalized spacial score (nSPS) is 18.8. The fraction of sp³-hybridized carbons (Fsp3) is 0.476. The van der Waals surface area contributed by atoms with Crippen molar-refractivity contribution < 1.29 is 19.1 Å². The summed E-state index contributed by atoms with van der Waals surface area (Å²) in [6, 6.07) is 6.54. The highest BCUT2D eigenvalue weighted by Crippen LogP contribution is 2.35. The first kappa shape index (κ1) is 20.1. The van der Waals surface area contributed by atoms with Gasteiger partial charge in [-0.25, -0.2) is 9.78 Å². The van der Waals surface area contributed by atoms with Gasteiger partial charge in [-0.3, -0.25) is 19.3 Å². The lowest BCUT2D eigenvalue weighted by Crippen LogP contribution is -2.44. The Bertz CT molecular complexity index is 1060. The predicted molar refractivity (Wildman–Crippen MR) is 108 cm³/mol. The fourth-order valence-corrected chi connectivity index (χ4v) is 4.19. The number of urea groups is 1. The molecule has 30 heavy (non-hydrogen) atoms. The molecular formula is C21H24N4O5. The van der Waals surface area contributed by atoms with E-state index < -0.39 is 17.6 Å². The monoisotopic (exact) mass is 412 g/mol. The molecule has 1 saturated heterocycles. The number of rotatable bonds is 6. The Labute approximate surface area is 172 Å². The summed E-state index contributed by atoms with van der Waals surface area (Å²) in [6.07, 6.45) is 2.82. The lowest BCUT2D eigenvalue weighted by atomic mass is 9.98. The highest BCUT2D eigenvalue weighted by molar-refractivity contribution is 6.07. The summed E-state index contributed by atoms with van der Waals surface area (Å²) >= 11 is 0. The first-order chi connectivity index (χ1) is 14.4. The number of H-pyrrole nitrogens is 1. The van der Waals surface area contributed by atoms with Gasteiger partial charge < -0.3 is 15.0 Å². The summed E-state index contributed by atoms with van der Waals surface area (Å²) in [5.41, 5.74) is -0.504. The minimum atomic E-state index is -0.736. The number of imide groups is 1. The molecule has 9 heteroatoms. The average molecular weight is 412 g/mol. The molecule has 4 rings (SSSR count). The van der Waals surface area contributed by atoms with E-state index in [2.05, 4.69) is 15.3 Å². The van der Waals surface area contributed by atoms with Gasteiger partial charge in [0.05, 0.1) is 10.9 Å². The number of fused-ring (bicyclic) bond motifs is 1. The molecule has 2 N–H and O–H groups in total. The van der Waals surface area contributed by atoms with Gasteiger partial charge in [0.25, 0.3) is 11.5 Å². The lowest BCUT2D eigenvalue weighted by Gasteiger charge is -2.20. The maximum atomic E-state index is 12.6. The molecule has 1 aromatic heterocycles. The van der Waals surface area contributed by atoms with Gasteiger partial charge in [0, 0.05) is 13.0 Å². The number of amides is 3. The van der Waals surface area contributed by atoms with E-state index in [4.69, 9.17) is 4.74 Å². The third-order valence-electron chi connectivity index (χ3n) is 5.79. The largest absolute Gasteiger partial charge is 0.454 e. The number of ether oxygens (including phenoxy) is 1. The van der Waals surface area contributed by atoms with Crippen LogP contribution in [0.5, 0.6) is 0 Å². The van der Waals surface area contributed by atoms with Gasteiger partial charge in [-0.15, -0.1) is 0 Å². The summed E-state index contributed by atoms with van der Waals surface area (Å²) < 4.78 is 5.38. The predicted octanol–water partition coefficient (Wildman–Crippen LogP) is 2.17. The molecular weight excluding hydrogens is 388 g/mol. The van der Waals surface area contributed by atoms with Crippen molar-refractivity contribution in [2.45, 2.75) is 57.1 Å². The summed E-state index contributed by atoms with van der Waals surface area (Å²) in [5.74, 6) is -0.407. The molecule has 1 aromatic carbocycles. The van der Waals surface area contributed by atoms with E-state index in [1.807, 2.05) is 0 Å². The van der Waals surface area contributed by atoms with Crippen molar-refractivity contribution in [3.63, 3.8) is 0 Å². The molecule has 1 saturated carbocycles. The molecule has 2 aromatic rings. The number of esters is 1. The van der Waals surface area contributed by atoms with Gasteiger partial charge in [-0.2, -0.15) is 0 Å². The van der Waals surface area contributed by atoms with Crippen LogP contribution in [0.25, 0.3) is 10.9 Å². The van der Waals surface area contributed by atoms with Crippen molar-refractivity contribution in [2.75, 3.05) is 6.54 Å². The molecule has 2 fully saturated rings. The van der Waals surface area contributed by atoms with E-state index in [0.717, 1.165) is 12.8 Å². The highest BCUT2D eigenvalue weighted by Gasteiger charge is 2.52. The SMILES string of the molecule is C[C@H](OC(=O)CCCN1C(=O)NC2(CCCC2)C1=O)c1nc2ccccc2c(=O)[nH]1. The standard InChI is InChI=1S/C21H24N4O5/c1-13(17-22-15-8-3-2-7-14(15)18(27)23-17)30-16(26)9-6-12-25-19(28)21(24-20(25)29)10-4-5-11-21/h2-3,7-8,13H,4-6,9-12H2,1H3,(H,24,29)(H,22,23,27)/t13-/m0/s1. The van der Waals surface area contributed by atoms with E-state index in [0.29, 0.717) is 30.2 Å². The molecule has 2 heterocycles. The maximum absolute atomic E-state index is 12.6. The van der Waals surface area contributed by atoms with Gasteiger partial charge in [0.1, 0.15) is 5.54 Å². The number of carbonyl (C=O) groups is 3. The number of nitrogens with one attached hydrogen (secondary N) is 2. The number of carbonyl (C=O) groups excluding carboxylic acids is 3. The second-order valence-corrected chi connectivity index (χ2v) is 7.88. The van der Waals surface area contributed by atoms with Crippen molar-refractivity contribution >= 4 is 28.8 Å². The van der Waals surface area contributed by atoms with Crippen LogP contribution < -0.4 is 10.9 Å². The molecule has 158 valence electrons. The van der Waals surface area contributed by atoms with E-state index in [1.54, 1.807) is 31.2 Å². The van der Waals surface area contributed by atoms with Crippen LogP contribution in [0.4, 0.5) is 4.79 Å². The first-order valence-electron chi connectivity index (χ1n) is 10.2. The zero-order chi connectivity index (χ0) is 21.3. The summed E-state index contributed by atoms with van der Waals surface area (Å²) in [5, 5.41) is 3.29. The molecule has 9 nitrogen and oxygen atoms in total. The molecule has 0 bridgehead atoms. The Morgan fingerprint density at radius 3 is 2.73 bits per heavy atom. The van der Waals surface area contributed by atoms with E-state index in [9.17, 15) is 19.2 Å². The van der Waals surface area contributed by atoms with Crippen LogP contribution in [0.3, 0.4) is 0 Å². The van der Waals surface area contributed by atoms with Crippen LogP contribution in [-0.4, -0.2) is 44.9 Å². The third-order valence-corrected chi connectivity index (χ3v) is 5.79. The number of aromatic amines is 1. The van der Waals surface area contributed by atoms with Crippen LogP contribution in [0, 0.1) is 0 Å². The summed E-state index contributed by atoms with van der Waals surface area (Å²) in [4.78, 5) is 57.3. The Kier molecular flexibility index (Phi) is 5.27. The van der Waals surface area contributed by atoms with Crippen LogP contribution >= 0.6 is 0 Å². The van der Waals surface area contributed by atoms with Gasteiger partial charge in [-0.05, 0) is 38.3 Å². The Morgan fingerprint density at radius 2 is 1.97 bits per heavy atom. The molecule has 3 amide bonds. The van der Waals surface area contributed by atoms with Gasteiger partial charge in [-0.1, -0.05) is 25.0 Å². The van der Waals surface area contributed by atoms with Crippen LogP contribution in [0.15, 0.2) is 29.1 Å². The molecule has 1 aliphatic carbocycles. The zero-order valence-electron chi connectivity index (χ0n) is 16.8. The third kappa shape index (κ3) is 3.67. The van der Waals surface area contributed by atoms with Gasteiger partial charge in [0.15, 0.2) is 11.9 Å². The van der Waals surface area contributed by atoms with Gasteiger partial charge in [0.2, 0.25) is 0 Å². The highest BCUT2D eigenvalue weighted by atomic mass is 16.5. The van der Waals surface area contributed by atoms with Crippen LogP contribution in [0.1, 0.15) is 57.4 Å². The molecule has 1 aliphatic heterocycles. The van der Waals surface area contributed by atoms with Crippen molar-refractivity contribution in [1.82, 2.24) is 20.2 Å². The Morgan fingerprint density at radius 1 is 1.23 bits per heavy atom. The number of para-hydroxylation sites is 1. The number of aromatic nitrogens is 2. The summed E-state index contributed by atoms with van der Waals surface area (Å²) in [6.45, 7) is 1.80. The maximum Gasteiger partial charge on any atom is 0.325 e. The van der Waals surface area contributed by atoms with E-state index in [1.165, 1.54) is 4.90 Å². The number of hydrogen-bond acceptors (Lipinski definition) is 6. The lowest BCUT2D eigenvalue weighted by molar-refractivity contribution is -0.149. The Hall–Kier alpha value is -3.23. The van der Waals surface area contributed by atoms with Crippen molar-refractivity contribution in [3.05, 3.63) is 40.4 Å². The van der Waals surface area contributed by atoms with Crippen LogP contribution in [-0.2, 0) is 14.3 Å². The van der Waals surface area contributed by atoms with Crippen molar-refractivity contribution in [2.24, 2.45) is 0 Å². The summed E-state index contributed by atoms with van der Waals surface area (Å²) in [7, 11) is 0. The number of benzene rings is 1. The van der Waals surface area contributed by atoms with E-state index >= 15 is 0 Å². The molecule has 0 unspecified atom stereocenters. The zero-order valence-corrected chi connectivity index (χ0v) is 16.8. The second kappa shape index (κ2) is 7.89. The smallest absolute Gasteiger partial charge is 0.325 e. The fourth-order valence-electron chi connectivity index (χ4n) is 4.19. The minimum Gasteiger partial charge on any atom is -0.454 e. The minimum absolute atomic E-state index is 0.0478. The average Bonchev–Trinajstić information content (AvgIpc) is 3.28. The van der Waals surface area contributed by atoms with E-state index in [-0.39, 0.29) is 36.3 Å².